The van der Waals surface area contributed by atoms with E-state index < -0.39 is 9.84 Å². The molecule has 184 valence electrons. The number of imidazole rings is 1. The Morgan fingerprint density at radius 3 is 2.59 bits per heavy atom. The normalized spacial score (nSPS) is 12.2. The molecule has 2 heterocycles. The van der Waals surface area contributed by atoms with E-state index in [4.69, 9.17) is 5.73 Å². The van der Waals surface area contributed by atoms with Crippen molar-refractivity contribution >= 4 is 55.7 Å². The van der Waals surface area contributed by atoms with Crippen LogP contribution in [0.25, 0.3) is 0 Å². The number of aromatic nitrogens is 4. The van der Waals surface area contributed by atoms with Crippen LogP contribution >= 0.6 is 34.9 Å². The van der Waals surface area contributed by atoms with Crippen molar-refractivity contribution < 1.29 is 8.42 Å². The van der Waals surface area contributed by atoms with E-state index in [1.165, 1.54) is 11.3 Å². The van der Waals surface area contributed by atoms with Crippen LogP contribution in [0.5, 0.6) is 0 Å². The molecule has 0 atom stereocenters. The van der Waals surface area contributed by atoms with Crippen LogP contribution in [0.3, 0.4) is 0 Å². The summed E-state index contributed by atoms with van der Waals surface area (Å²) in [7, 11) is -3.49. The van der Waals surface area contributed by atoms with Crippen molar-refractivity contribution in [1.82, 2.24) is 25.5 Å². The van der Waals surface area contributed by atoms with E-state index in [2.05, 4.69) is 30.5 Å². The summed E-state index contributed by atoms with van der Waals surface area (Å²) in [5, 5.41) is 12.4. The topological polar surface area (TPSA) is 139 Å². The zero-order valence-electron chi connectivity index (χ0n) is 19.2. The van der Waals surface area contributed by atoms with Crippen molar-refractivity contribution in [3.8, 4) is 0 Å². The average molecular weight is 540 g/mol. The Morgan fingerprint density at radius 2 is 1.91 bits per heavy atom. The smallest absolute Gasteiger partial charge is 0.203 e. The van der Waals surface area contributed by atoms with E-state index in [1.54, 1.807) is 42.0 Å². The predicted molar refractivity (Wildman–Crippen MR) is 144 cm³/mol. The number of amidine groups is 1. The minimum atomic E-state index is -3.49. The van der Waals surface area contributed by atoms with Crippen LogP contribution in [-0.2, 0) is 21.3 Å². The lowest BCUT2D eigenvalue weighted by molar-refractivity contribution is 0.599. The number of H-pyrrole nitrogens is 1. The van der Waals surface area contributed by atoms with Crippen molar-refractivity contribution in [2.75, 3.05) is 36.1 Å². The summed E-state index contributed by atoms with van der Waals surface area (Å²) in [5.74, 6) is 3.39. The molecule has 0 unspecified atom stereocenters. The molecule has 0 radical (unpaired) electrons. The van der Waals surface area contributed by atoms with Crippen molar-refractivity contribution in [3.63, 3.8) is 0 Å². The third kappa shape index (κ3) is 8.60. The molecule has 1 aromatic carbocycles. The molecule has 2 aromatic heterocycles. The highest BCUT2D eigenvalue weighted by Gasteiger charge is 2.18. The molecule has 4 N–H and O–H groups in total. The predicted octanol–water partition coefficient (Wildman–Crippen LogP) is 3.09. The van der Waals surface area contributed by atoms with Gasteiger partial charge in [0.2, 0.25) is 5.13 Å². The molecule has 0 fully saturated rings. The summed E-state index contributed by atoms with van der Waals surface area (Å²) in [4.78, 5) is 12.3. The standard InChI is InChI=1S/C21H29N7O2S4/c1-15-3-5-17(6-4-15)34(29,30)13-19(23-7-9-31-11-18-16(2)25-14-26-18)24-8-10-32-12-20-27-28-21(22)33-20/h3-6,14H,7-13H2,1-2H3,(H2,22,28)(H,23,24)(H,25,26). The first-order chi connectivity index (χ1) is 16.3. The molecule has 13 heteroatoms. The fourth-order valence-corrected chi connectivity index (χ4v) is 6.49. The fourth-order valence-electron chi connectivity index (χ4n) is 2.86. The molecule has 0 amide bonds. The van der Waals surface area contributed by atoms with Crippen LogP contribution < -0.4 is 11.1 Å². The molecule has 0 aliphatic heterocycles. The summed E-state index contributed by atoms with van der Waals surface area (Å²) in [6.45, 7) is 5.05. The summed E-state index contributed by atoms with van der Waals surface area (Å²) < 4.78 is 25.9. The minimum Gasteiger partial charge on any atom is -0.374 e. The van der Waals surface area contributed by atoms with Crippen LogP contribution in [-0.4, -0.2) is 64.8 Å². The zero-order valence-corrected chi connectivity index (χ0v) is 22.4. The van der Waals surface area contributed by atoms with Gasteiger partial charge in [0.05, 0.1) is 23.5 Å². The second kappa shape index (κ2) is 13.1. The molecular weight excluding hydrogens is 511 g/mol. The van der Waals surface area contributed by atoms with Crippen molar-refractivity contribution in [2.24, 2.45) is 4.99 Å². The first-order valence-corrected chi connectivity index (χ1v) is 15.4. The van der Waals surface area contributed by atoms with Gasteiger partial charge in [-0.05, 0) is 26.0 Å². The molecule has 0 aliphatic carbocycles. The van der Waals surface area contributed by atoms with Gasteiger partial charge in [0.1, 0.15) is 16.6 Å². The molecular formula is C21H29N7O2S4. The number of sulfone groups is 1. The highest BCUT2D eigenvalue weighted by Crippen LogP contribution is 2.18. The Bertz CT molecular complexity index is 1170. The molecule has 0 spiro atoms. The van der Waals surface area contributed by atoms with E-state index in [1.807, 2.05) is 26.0 Å². The third-order valence-corrected chi connectivity index (χ3v) is 9.20. The number of aromatic amines is 1. The number of thioether (sulfide) groups is 2. The van der Waals surface area contributed by atoms with Gasteiger partial charge in [-0.1, -0.05) is 29.0 Å². The van der Waals surface area contributed by atoms with Crippen molar-refractivity contribution in [2.45, 2.75) is 30.2 Å². The number of aliphatic imine (C=N–C) groups is 1. The minimum absolute atomic E-state index is 0.156. The van der Waals surface area contributed by atoms with Gasteiger partial charge in [0.15, 0.2) is 9.84 Å². The second-order valence-corrected chi connectivity index (χ2v) is 12.7. The molecule has 3 aromatic rings. The summed E-state index contributed by atoms with van der Waals surface area (Å²) >= 11 is 4.78. The lowest BCUT2D eigenvalue weighted by Gasteiger charge is -2.11. The van der Waals surface area contributed by atoms with Gasteiger partial charge in [0, 0.05) is 35.3 Å². The largest absolute Gasteiger partial charge is 0.374 e. The Balaban J connectivity index is 1.53. The average Bonchev–Trinajstić information content (AvgIpc) is 3.40. The number of aryl methyl sites for hydroxylation is 2. The zero-order chi connectivity index (χ0) is 24.4. The Kier molecular flexibility index (Phi) is 10.2. The van der Waals surface area contributed by atoms with Gasteiger partial charge in [-0.25, -0.2) is 13.4 Å². The van der Waals surface area contributed by atoms with Crippen LogP contribution in [0.4, 0.5) is 5.13 Å². The number of nitrogens with one attached hydrogen (secondary N) is 2. The Hall–Kier alpha value is -2.09. The lowest BCUT2D eigenvalue weighted by atomic mass is 10.2. The maximum absolute atomic E-state index is 12.9. The molecule has 0 aliphatic rings. The van der Waals surface area contributed by atoms with Gasteiger partial charge < -0.3 is 16.0 Å². The maximum Gasteiger partial charge on any atom is 0.203 e. The number of rotatable bonds is 13. The summed E-state index contributed by atoms with van der Waals surface area (Å²) in [6, 6.07) is 6.91. The Labute approximate surface area is 212 Å². The highest BCUT2D eigenvalue weighted by atomic mass is 32.2. The quantitative estimate of drug-likeness (QED) is 0.170. The number of nitrogen functional groups attached to an aromatic ring is 1. The van der Waals surface area contributed by atoms with E-state index in [-0.39, 0.29) is 5.75 Å². The van der Waals surface area contributed by atoms with Gasteiger partial charge >= 0.3 is 0 Å². The van der Waals surface area contributed by atoms with Gasteiger partial charge in [-0.2, -0.15) is 23.5 Å². The fraction of sp³-hybridized carbons (Fsp3) is 0.429. The lowest BCUT2D eigenvalue weighted by Crippen LogP contribution is -2.32. The molecule has 3 rings (SSSR count). The number of benzene rings is 1. The molecule has 9 nitrogen and oxygen atoms in total. The van der Waals surface area contributed by atoms with Crippen LogP contribution in [0.15, 0.2) is 40.5 Å². The molecule has 0 bridgehead atoms. The number of nitrogens with two attached hydrogens (primary N) is 1. The number of hydrogen-bond donors (Lipinski definition) is 3. The highest BCUT2D eigenvalue weighted by molar-refractivity contribution is 7.98. The SMILES string of the molecule is Cc1ccc(S(=O)(=O)CC(=NCCSCc2nnc(N)s2)NCCSCc2nc[nH]c2C)cc1. The summed E-state index contributed by atoms with van der Waals surface area (Å²) in [5.41, 5.74) is 8.73. The number of anilines is 1. The first-order valence-electron chi connectivity index (χ1n) is 10.6. The number of nitrogens with zero attached hydrogens (tertiary/aromatic N) is 4. The van der Waals surface area contributed by atoms with E-state index >= 15 is 0 Å². The van der Waals surface area contributed by atoms with Crippen LogP contribution in [0, 0.1) is 13.8 Å². The van der Waals surface area contributed by atoms with E-state index in [0.717, 1.165) is 39.2 Å². The Morgan fingerprint density at radius 1 is 1.15 bits per heavy atom. The first kappa shape index (κ1) is 26.5. The van der Waals surface area contributed by atoms with E-state index in [0.29, 0.717) is 34.7 Å². The molecule has 0 saturated carbocycles. The van der Waals surface area contributed by atoms with Crippen molar-refractivity contribution in [1.29, 1.82) is 0 Å². The van der Waals surface area contributed by atoms with Gasteiger partial charge in [-0.3, -0.25) is 4.99 Å². The maximum atomic E-state index is 12.9. The van der Waals surface area contributed by atoms with E-state index in [9.17, 15) is 8.42 Å². The monoisotopic (exact) mass is 539 g/mol. The van der Waals surface area contributed by atoms with Crippen LogP contribution in [0.2, 0.25) is 0 Å². The summed E-state index contributed by atoms with van der Waals surface area (Å²) in [6.07, 6.45) is 1.70. The van der Waals surface area contributed by atoms with Gasteiger partial charge in [0.25, 0.3) is 0 Å². The third-order valence-electron chi connectivity index (χ3n) is 4.70. The number of hydrogen-bond acceptors (Lipinski definition) is 10. The molecule has 0 saturated heterocycles. The van der Waals surface area contributed by atoms with Crippen LogP contribution in [0.1, 0.15) is 22.0 Å². The van der Waals surface area contributed by atoms with Gasteiger partial charge in [-0.15, -0.1) is 10.2 Å². The second-order valence-electron chi connectivity index (χ2n) is 7.44. The molecule has 34 heavy (non-hydrogen) atoms. The van der Waals surface area contributed by atoms with Crippen molar-refractivity contribution in [3.05, 3.63) is 52.6 Å².